The van der Waals surface area contributed by atoms with Crippen LogP contribution in [-0.2, 0) is 38.8 Å². The van der Waals surface area contributed by atoms with Gasteiger partial charge in [-0.15, -0.1) is 0 Å². The summed E-state index contributed by atoms with van der Waals surface area (Å²) < 4.78 is 13.3. The predicted octanol–water partition coefficient (Wildman–Crippen LogP) is 4.27. The van der Waals surface area contributed by atoms with Crippen molar-refractivity contribution in [3.63, 3.8) is 0 Å². The zero-order valence-electron chi connectivity index (χ0n) is 25.3. The van der Waals surface area contributed by atoms with Crippen LogP contribution in [-0.4, -0.2) is 70.7 Å². The SMILES string of the molecule is C[C@@H]1[C@H](CN2CCN(Cc3ccccc3)CC2)O[C@H](c2ccc(CNC(=O)CCC(=O)O)cc2)O[C@@H]1c1ccc(CO)cc1. The largest absolute Gasteiger partial charge is 0.481 e. The second kappa shape index (κ2) is 15.4. The zero-order valence-corrected chi connectivity index (χ0v) is 25.3. The van der Waals surface area contributed by atoms with Crippen molar-refractivity contribution in [2.24, 2.45) is 5.92 Å². The van der Waals surface area contributed by atoms with Crippen LogP contribution in [0.4, 0.5) is 0 Å². The summed E-state index contributed by atoms with van der Waals surface area (Å²) in [6.45, 7) is 8.27. The van der Waals surface area contributed by atoms with Gasteiger partial charge in [0.15, 0.2) is 6.29 Å². The Hall–Kier alpha value is -3.60. The summed E-state index contributed by atoms with van der Waals surface area (Å²) in [6, 6.07) is 26.3. The molecule has 2 fully saturated rings. The Bertz CT molecular complexity index is 1340. The smallest absolute Gasteiger partial charge is 0.303 e. The summed E-state index contributed by atoms with van der Waals surface area (Å²) in [5.41, 5.74) is 5.06. The second-order valence-corrected chi connectivity index (χ2v) is 11.8. The average Bonchev–Trinajstić information content (AvgIpc) is 3.05. The third-order valence-corrected chi connectivity index (χ3v) is 8.58. The molecule has 0 radical (unpaired) electrons. The molecule has 0 unspecified atom stereocenters. The Morgan fingerprint density at radius 2 is 1.43 bits per heavy atom. The average molecular weight is 602 g/mol. The van der Waals surface area contributed by atoms with E-state index < -0.39 is 12.3 Å². The maximum absolute atomic E-state index is 11.9. The molecule has 0 spiro atoms. The van der Waals surface area contributed by atoms with Crippen molar-refractivity contribution in [2.75, 3.05) is 32.7 Å². The summed E-state index contributed by atoms with van der Waals surface area (Å²) in [5, 5.41) is 21.1. The number of amides is 1. The van der Waals surface area contributed by atoms with E-state index in [0.717, 1.165) is 61.5 Å². The molecule has 2 aliphatic heterocycles. The van der Waals surface area contributed by atoms with E-state index in [1.165, 1.54) is 5.56 Å². The number of carbonyl (C=O) groups is 2. The molecule has 1 amide bonds. The van der Waals surface area contributed by atoms with Crippen molar-refractivity contribution in [1.82, 2.24) is 15.1 Å². The van der Waals surface area contributed by atoms with Crippen LogP contribution in [0.25, 0.3) is 0 Å². The molecule has 9 heteroatoms. The second-order valence-electron chi connectivity index (χ2n) is 11.8. The van der Waals surface area contributed by atoms with Gasteiger partial charge in [0.1, 0.15) is 0 Å². The number of aliphatic hydroxyl groups is 1. The number of hydrogen-bond acceptors (Lipinski definition) is 7. The lowest BCUT2D eigenvalue weighted by molar-refractivity contribution is -0.276. The van der Waals surface area contributed by atoms with Gasteiger partial charge >= 0.3 is 5.97 Å². The highest BCUT2D eigenvalue weighted by atomic mass is 16.7. The van der Waals surface area contributed by atoms with Gasteiger partial charge in [-0.25, -0.2) is 0 Å². The summed E-state index contributed by atoms with van der Waals surface area (Å²) in [4.78, 5) is 27.7. The molecule has 44 heavy (non-hydrogen) atoms. The maximum Gasteiger partial charge on any atom is 0.303 e. The van der Waals surface area contributed by atoms with Crippen molar-refractivity contribution in [3.05, 3.63) is 107 Å². The fourth-order valence-corrected chi connectivity index (χ4v) is 5.86. The molecule has 2 aliphatic rings. The minimum Gasteiger partial charge on any atom is -0.481 e. The van der Waals surface area contributed by atoms with Crippen LogP contribution in [0.2, 0.25) is 0 Å². The number of carboxylic acid groups (broad SMARTS) is 1. The molecule has 0 aliphatic carbocycles. The lowest BCUT2D eigenvalue weighted by Crippen LogP contribution is -2.51. The quantitative estimate of drug-likeness (QED) is 0.282. The van der Waals surface area contributed by atoms with Crippen LogP contribution in [0.3, 0.4) is 0 Å². The Labute approximate surface area is 259 Å². The van der Waals surface area contributed by atoms with Gasteiger partial charge in [-0.2, -0.15) is 0 Å². The van der Waals surface area contributed by atoms with Gasteiger partial charge in [-0.3, -0.25) is 19.4 Å². The summed E-state index contributed by atoms with van der Waals surface area (Å²) >= 11 is 0. The number of carboxylic acids is 1. The number of rotatable bonds is 12. The third-order valence-electron chi connectivity index (χ3n) is 8.58. The molecular weight excluding hydrogens is 558 g/mol. The first-order chi connectivity index (χ1) is 21.4. The first-order valence-electron chi connectivity index (χ1n) is 15.4. The molecule has 4 atom stereocenters. The van der Waals surface area contributed by atoms with E-state index in [2.05, 4.69) is 52.4 Å². The molecule has 2 saturated heterocycles. The number of hydrogen-bond donors (Lipinski definition) is 3. The molecule has 0 aromatic heterocycles. The first-order valence-corrected chi connectivity index (χ1v) is 15.4. The lowest BCUT2D eigenvalue weighted by Gasteiger charge is -2.44. The molecule has 9 nitrogen and oxygen atoms in total. The number of piperazine rings is 1. The van der Waals surface area contributed by atoms with Gasteiger partial charge in [0, 0.05) is 63.7 Å². The van der Waals surface area contributed by atoms with Gasteiger partial charge in [0.2, 0.25) is 5.91 Å². The minimum atomic E-state index is -0.988. The Balaban J connectivity index is 1.24. The lowest BCUT2D eigenvalue weighted by atomic mass is 9.90. The highest BCUT2D eigenvalue weighted by molar-refractivity contribution is 5.80. The molecule has 234 valence electrons. The van der Waals surface area contributed by atoms with Crippen LogP contribution >= 0.6 is 0 Å². The van der Waals surface area contributed by atoms with Crippen LogP contribution < -0.4 is 5.32 Å². The van der Waals surface area contributed by atoms with E-state index in [4.69, 9.17) is 14.6 Å². The summed E-state index contributed by atoms with van der Waals surface area (Å²) in [7, 11) is 0. The highest BCUT2D eigenvalue weighted by Crippen LogP contribution is 2.42. The van der Waals surface area contributed by atoms with E-state index in [-0.39, 0.29) is 43.5 Å². The Kier molecular flexibility index (Phi) is 11.1. The number of nitrogens with one attached hydrogen (secondary N) is 1. The number of aliphatic carboxylic acids is 1. The number of aliphatic hydroxyl groups excluding tert-OH is 1. The van der Waals surface area contributed by atoms with Crippen LogP contribution in [0.5, 0.6) is 0 Å². The molecule has 5 rings (SSSR count). The molecule has 0 saturated carbocycles. The van der Waals surface area contributed by atoms with E-state index >= 15 is 0 Å². The molecule has 3 N–H and O–H groups in total. The van der Waals surface area contributed by atoms with Crippen molar-refractivity contribution < 1.29 is 29.3 Å². The fourth-order valence-electron chi connectivity index (χ4n) is 5.86. The number of benzene rings is 3. The van der Waals surface area contributed by atoms with E-state index in [1.807, 2.05) is 48.5 Å². The van der Waals surface area contributed by atoms with Crippen LogP contribution in [0.1, 0.15) is 60.0 Å². The summed E-state index contributed by atoms with van der Waals surface area (Å²) in [5.74, 6) is -1.17. The molecular formula is C35H43N3O6. The van der Waals surface area contributed by atoms with E-state index in [9.17, 15) is 14.7 Å². The number of nitrogens with zero attached hydrogens (tertiary/aromatic N) is 2. The van der Waals surface area contributed by atoms with E-state index in [0.29, 0.717) is 6.54 Å². The normalized spacial score (nSPS) is 22.9. The van der Waals surface area contributed by atoms with Gasteiger partial charge < -0.3 is 25.0 Å². The zero-order chi connectivity index (χ0) is 30.9. The molecule has 3 aromatic carbocycles. The van der Waals surface area contributed by atoms with E-state index in [1.54, 1.807) is 0 Å². The maximum atomic E-state index is 11.9. The monoisotopic (exact) mass is 601 g/mol. The van der Waals surface area contributed by atoms with Gasteiger partial charge in [-0.1, -0.05) is 85.8 Å². The number of carbonyl (C=O) groups excluding carboxylic acids is 1. The molecule has 2 heterocycles. The van der Waals surface area contributed by atoms with Crippen molar-refractivity contribution in [3.8, 4) is 0 Å². The predicted molar refractivity (Wildman–Crippen MR) is 166 cm³/mol. The Morgan fingerprint density at radius 3 is 2.09 bits per heavy atom. The molecule has 3 aromatic rings. The van der Waals surface area contributed by atoms with Crippen molar-refractivity contribution in [1.29, 1.82) is 0 Å². The standard InChI is InChI=1S/C35H43N3O6/c1-25-31(23-38-19-17-37(18-20-38)22-27-5-3-2-4-6-27)43-35(44-34(25)29-11-9-28(24-39)10-12-29)30-13-7-26(8-14-30)21-36-32(40)15-16-33(41)42/h2-14,25,31,34-35,39H,15-24H2,1H3,(H,36,40)(H,41,42)/t25-,31+,34+,35+/m1/s1. The van der Waals surface area contributed by atoms with Crippen molar-refractivity contribution in [2.45, 2.75) is 58.0 Å². The van der Waals surface area contributed by atoms with Crippen molar-refractivity contribution >= 4 is 11.9 Å². The third kappa shape index (κ3) is 8.74. The van der Waals surface area contributed by atoms with Crippen LogP contribution in [0, 0.1) is 5.92 Å². The Morgan fingerprint density at radius 1 is 0.795 bits per heavy atom. The number of ether oxygens (including phenoxy) is 2. The first kappa shape index (κ1) is 31.8. The summed E-state index contributed by atoms with van der Waals surface area (Å²) in [6.07, 6.45) is -1.02. The van der Waals surface area contributed by atoms with Gasteiger partial charge in [0.05, 0.1) is 25.2 Å². The molecule has 0 bridgehead atoms. The fraction of sp³-hybridized carbons (Fsp3) is 0.429. The topological polar surface area (TPSA) is 112 Å². The minimum absolute atomic E-state index is 0.00166. The van der Waals surface area contributed by atoms with Gasteiger partial charge in [0.25, 0.3) is 0 Å². The highest BCUT2D eigenvalue weighted by Gasteiger charge is 2.39. The van der Waals surface area contributed by atoms with Crippen LogP contribution in [0.15, 0.2) is 78.9 Å². The van der Waals surface area contributed by atoms with Gasteiger partial charge in [-0.05, 0) is 22.3 Å².